The standard InChI is InChI=1S/C16H16ClN3O6S/c1-11-2-5-14(26-11)16(21)18-6-8-19(9-7-18)27(24,25)15-10-12(17)3-4-13(15)20(22)23/h2-5,10H,6-9H2,1H3. The van der Waals surface area contributed by atoms with Gasteiger partial charge in [0, 0.05) is 37.3 Å². The van der Waals surface area contributed by atoms with E-state index in [1.54, 1.807) is 19.1 Å². The highest BCUT2D eigenvalue weighted by Crippen LogP contribution is 2.30. The van der Waals surface area contributed by atoms with Crippen molar-refractivity contribution in [1.29, 1.82) is 0 Å². The Morgan fingerprint density at radius 3 is 2.41 bits per heavy atom. The van der Waals surface area contributed by atoms with Crippen molar-refractivity contribution in [2.75, 3.05) is 26.2 Å². The summed E-state index contributed by atoms with van der Waals surface area (Å²) in [5.74, 6) is 0.469. The van der Waals surface area contributed by atoms with E-state index in [0.717, 1.165) is 16.4 Å². The van der Waals surface area contributed by atoms with Gasteiger partial charge in [0.1, 0.15) is 5.76 Å². The van der Waals surface area contributed by atoms with Gasteiger partial charge in [0.05, 0.1) is 4.92 Å². The van der Waals surface area contributed by atoms with Gasteiger partial charge in [-0.2, -0.15) is 4.31 Å². The second-order valence-corrected chi connectivity index (χ2v) is 8.32. The first kappa shape index (κ1) is 19.3. The number of carbonyl (C=O) groups is 1. The fraction of sp³-hybridized carbons (Fsp3) is 0.312. The van der Waals surface area contributed by atoms with Gasteiger partial charge in [0.15, 0.2) is 10.7 Å². The molecule has 1 amide bonds. The summed E-state index contributed by atoms with van der Waals surface area (Å²) in [4.78, 5) is 23.8. The van der Waals surface area contributed by atoms with Gasteiger partial charge in [0.2, 0.25) is 10.0 Å². The van der Waals surface area contributed by atoms with Crippen molar-refractivity contribution in [2.24, 2.45) is 0 Å². The van der Waals surface area contributed by atoms with E-state index < -0.39 is 25.5 Å². The molecule has 1 aromatic heterocycles. The number of hydrogen-bond donors (Lipinski definition) is 0. The first-order valence-electron chi connectivity index (χ1n) is 8.00. The largest absolute Gasteiger partial charge is 0.456 e. The van der Waals surface area contributed by atoms with Crippen molar-refractivity contribution in [3.63, 3.8) is 0 Å². The minimum absolute atomic E-state index is 0.0113. The molecule has 27 heavy (non-hydrogen) atoms. The molecule has 2 aromatic rings. The second-order valence-electron chi connectivity index (χ2n) is 5.98. The SMILES string of the molecule is Cc1ccc(C(=O)N2CCN(S(=O)(=O)c3cc(Cl)ccc3[N+](=O)[O-])CC2)o1. The Kier molecular flexibility index (Phi) is 5.22. The van der Waals surface area contributed by atoms with E-state index in [2.05, 4.69) is 0 Å². The summed E-state index contributed by atoms with van der Waals surface area (Å²) in [7, 11) is -4.12. The third-order valence-electron chi connectivity index (χ3n) is 4.21. The van der Waals surface area contributed by atoms with E-state index in [9.17, 15) is 23.3 Å². The van der Waals surface area contributed by atoms with Gasteiger partial charge in [-0.25, -0.2) is 8.42 Å². The van der Waals surface area contributed by atoms with Gasteiger partial charge in [0.25, 0.3) is 11.6 Å². The summed E-state index contributed by atoms with van der Waals surface area (Å²) in [6.07, 6.45) is 0. The zero-order valence-corrected chi connectivity index (χ0v) is 15.9. The molecule has 2 heterocycles. The molecule has 3 rings (SSSR count). The minimum atomic E-state index is -4.12. The van der Waals surface area contributed by atoms with Crippen LogP contribution in [0, 0.1) is 17.0 Å². The molecule has 1 aliphatic heterocycles. The van der Waals surface area contributed by atoms with Gasteiger partial charge in [-0.3, -0.25) is 14.9 Å². The fourth-order valence-electron chi connectivity index (χ4n) is 2.82. The van der Waals surface area contributed by atoms with Crippen molar-refractivity contribution in [3.05, 3.63) is 57.0 Å². The minimum Gasteiger partial charge on any atom is -0.456 e. The van der Waals surface area contributed by atoms with Gasteiger partial charge in [-0.05, 0) is 31.2 Å². The molecule has 0 unspecified atom stereocenters. The number of nitro groups is 1. The molecule has 1 aliphatic rings. The number of carbonyl (C=O) groups excluding carboxylic acids is 1. The number of piperazine rings is 1. The molecule has 0 bridgehead atoms. The van der Waals surface area contributed by atoms with Crippen LogP contribution in [0.3, 0.4) is 0 Å². The van der Waals surface area contributed by atoms with Crippen LogP contribution in [0.15, 0.2) is 39.6 Å². The lowest BCUT2D eigenvalue weighted by Gasteiger charge is -2.33. The first-order chi connectivity index (χ1) is 12.7. The van der Waals surface area contributed by atoms with Gasteiger partial charge in [-0.1, -0.05) is 11.6 Å². The van der Waals surface area contributed by atoms with Crippen molar-refractivity contribution in [2.45, 2.75) is 11.8 Å². The number of hydrogen-bond acceptors (Lipinski definition) is 6. The zero-order chi connectivity index (χ0) is 19.8. The average molecular weight is 414 g/mol. The monoisotopic (exact) mass is 413 g/mol. The van der Waals surface area contributed by atoms with E-state index in [4.69, 9.17) is 16.0 Å². The summed E-state index contributed by atoms with van der Waals surface area (Å²) in [6.45, 7) is 2.03. The van der Waals surface area contributed by atoms with Crippen molar-refractivity contribution >= 4 is 33.2 Å². The van der Waals surface area contributed by atoms with Crippen molar-refractivity contribution < 1.29 is 22.6 Å². The average Bonchev–Trinajstić information content (AvgIpc) is 3.07. The Hall–Kier alpha value is -2.43. The number of sulfonamides is 1. The van der Waals surface area contributed by atoms with Crippen LogP contribution in [-0.2, 0) is 10.0 Å². The highest BCUT2D eigenvalue weighted by Gasteiger charge is 2.35. The molecule has 0 aliphatic carbocycles. The van der Waals surface area contributed by atoms with Gasteiger partial charge >= 0.3 is 0 Å². The van der Waals surface area contributed by atoms with Crippen LogP contribution in [0.1, 0.15) is 16.3 Å². The van der Waals surface area contributed by atoms with Gasteiger partial charge in [-0.15, -0.1) is 0 Å². The Labute approximate surface area is 160 Å². The Bertz CT molecular complexity index is 995. The summed E-state index contributed by atoms with van der Waals surface area (Å²) >= 11 is 5.83. The zero-order valence-electron chi connectivity index (χ0n) is 14.3. The highest BCUT2D eigenvalue weighted by atomic mass is 35.5. The van der Waals surface area contributed by atoms with Gasteiger partial charge < -0.3 is 9.32 Å². The predicted molar refractivity (Wildman–Crippen MR) is 96.2 cm³/mol. The fourth-order valence-corrected chi connectivity index (χ4v) is 4.66. The molecule has 0 radical (unpaired) electrons. The topological polar surface area (TPSA) is 114 Å². The van der Waals surface area contributed by atoms with Crippen LogP contribution in [0.2, 0.25) is 5.02 Å². The van der Waals surface area contributed by atoms with Crippen LogP contribution in [0.5, 0.6) is 0 Å². The summed E-state index contributed by atoms with van der Waals surface area (Å²) < 4.78 is 32.1. The molecule has 1 saturated heterocycles. The van der Waals surface area contributed by atoms with Crippen LogP contribution in [0.25, 0.3) is 0 Å². The number of rotatable bonds is 4. The van der Waals surface area contributed by atoms with E-state index >= 15 is 0 Å². The lowest BCUT2D eigenvalue weighted by Crippen LogP contribution is -2.50. The highest BCUT2D eigenvalue weighted by molar-refractivity contribution is 7.89. The third-order valence-corrected chi connectivity index (χ3v) is 6.38. The second kappa shape index (κ2) is 7.29. The molecule has 0 saturated carbocycles. The van der Waals surface area contributed by atoms with Crippen molar-refractivity contribution in [1.82, 2.24) is 9.21 Å². The van der Waals surface area contributed by atoms with Crippen LogP contribution >= 0.6 is 11.6 Å². The number of nitro benzene ring substituents is 1. The smallest absolute Gasteiger partial charge is 0.289 e. The molecule has 9 nitrogen and oxygen atoms in total. The molecule has 144 valence electrons. The molecule has 0 spiro atoms. The van der Waals surface area contributed by atoms with Crippen LogP contribution < -0.4 is 0 Å². The molecule has 11 heteroatoms. The normalized spacial score (nSPS) is 15.7. The molecular weight excluding hydrogens is 398 g/mol. The summed E-state index contributed by atoms with van der Waals surface area (Å²) in [5, 5.41) is 11.3. The number of furan rings is 1. The lowest BCUT2D eigenvalue weighted by molar-refractivity contribution is -0.387. The van der Waals surface area contributed by atoms with E-state index in [-0.39, 0.29) is 42.9 Å². The summed E-state index contributed by atoms with van der Waals surface area (Å²) in [6, 6.07) is 6.63. The quantitative estimate of drug-likeness (QED) is 0.561. The number of halogens is 1. The number of nitrogens with zero attached hydrogens (tertiary/aromatic N) is 3. The first-order valence-corrected chi connectivity index (χ1v) is 9.82. The molecule has 1 fully saturated rings. The van der Waals surface area contributed by atoms with E-state index in [0.29, 0.717) is 5.76 Å². The maximum atomic E-state index is 12.9. The number of aryl methyl sites for hydroxylation is 1. The predicted octanol–water partition coefficient (Wildman–Crippen LogP) is 2.30. The van der Waals surface area contributed by atoms with E-state index in [1.807, 2.05) is 0 Å². The number of amides is 1. The molecule has 1 aromatic carbocycles. The molecule has 0 atom stereocenters. The van der Waals surface area contributed by atoms with E-state index in [1.165, 1.54) is 11.0 Å². The lowest BCUT2D eigenvalue weighted by atomic mass is 10.3. The third kappa shape index (κ3) is 3.82. The Morgan fingerprint density at radius 1 is 1.19 bits per heavy atom. The van der Waals surface area contributed by atoms with Crippen molar-refractivity contribution in [3.8, 4) is 0 Å². The molecule has 0 N–H and O–H groups in total. The summed E-state index contributed by atoms with van der Waals surface area (Å²) in [5.41, 5.74) is -0.538. The number of benzene rings is 1. The Balaban J connectivity index is 1.78. The maximum absolute atomic E-state index is 12.9. The molecular formula is C16H16ClN3O6S. The maximum Gasteiger partial charge on any atom is 0.289 e. The van der Waals surface area contributed by atoms with Crippen LogP contribution in [0.4, 0.5) is 5.69 Å². The van der Waals surface area contributed by atoms with Crippen LogP contribution in [-0.4, -0.2) is 54.6 Å². The Morgan fingerprint density at radius 2 is 1.85 bits per heavy atom.